The maximum absolute atomic E-state index is 9.93. The van der Waals surface area contributed by atoms with E-state index >= 15 is 0 Å². The fourth-order valence-corrected chi connectivity index (χ4v) is 1.91. The molecule has 0 aliphatic heterocycles. The van der Waals surface area contributed by atoms with Crippen molar-refractivity contribution in [3.05, 3.63) is 54.6 Å². The van der Waals surface area contributed by atoms with E-state index in [0.29, 0.717) is 5.75 Å². The van der Waals surface area contributed by atoms with Gasteiger partial charge in [-0.3, -0.25) is 0 Å². The molecule has 0 atom stereocenters. The Hall–Kier alpha value is -1.96. The van der Waals surface area contributed by atoms with Crippen LogP contribution in [0.15, 0.2) is 54.6 Å². The van der Waals surface area contributed by atoms with Gasteiger partial charge in [-0.2, -0.15) is 0 Å². The Morgan fingerprint density at radius 2 is 1.59 bits per heavy atom. The van der Waals surface area contributed by atoms with Crippen molar-refractivity contribution in [2.45, 2.75) is 13.3 Å². The molecule has 0 amide bonds. The van der Waals surface area contributed by atoms with E-state index in [1.807, 2.05) is 36.4 Å². The van der Waals surface area contributed by atoms with Gasteiger partial charge in [-0.15, -0.1) is 0 Å². The van der Waals surface area contributed by atoms with Crippen molar-refractivity contribution >= 4 is 11.4 Å². The van der Waals surface area contributed by atoms with Crippen LogP contribution < -0.4 is 4.90 Å². The van der Waals surface area contributed by atoms with E-state index in [1.165, 1.54) is 0 Å². The first kappa shape index (κ1) is 11.5. The van der Waals surface area contributed by atoms with Crippen LogP contribution in [0.4, 0.5) is 11.4 Å². The first-order chi connectivity index (χ1) is 8.33. The van der Waals surface area contributed by atoms with Crippen molar-refractivity contribution in [3.63, 3.8) is 0 Å². The number of phenolic OH excluding ortho intramolecular Hbond substituents is 1. The third kappa shape index (κ3) is 2.59. The summed E-state index contributed by atoms with van der Waals surface area (Å²) in [4.78, 5) is 2.13. The predicted molar refractivity (Wildman–Crippen MR) is 71.8 cm³/mol. The predicted octanol–water partition coefficient (Wildman–Crippen LogP) is 3.94. The third-order valence-corrected chi connectivity index (χ3v) is 2.69. The van der Waals surface area contributed by atoms with Crippen molar-refractivity contribution in [3.8, 4) is 5.75 Å². The molecule has 0 bridgehead atoms. The highest BCUT2D eigenvalue weighted by molar-refractivity contribution is 5.68. The molecule has 1 N–H and O–H groups in total. The topological polar surface area (TPSA) is 23.5 Å². The zero-order chi connectivity index (χ0) is 12.1. The van der Waals surface area contributed by atoms with Crippen LogP contribution >= 0.6 is 0 Å². The quantitative estimate of drug-likeness (QED) is 0.855. The molecule has 88 valence electrons. The van der Waals surface area contributed by atoms with E-state index in [1.54, 1.807) is 6.07 Å². The van der Waals surface area contributed by atoms with E-state index in [-0.39, 0.29) is 0 Å². The molecule has 0 aliphatic rings. The minimum absolute atomic E-state index is 0.324. The summed E-state index contributed by atoms with van der Waals surface area (Å²) in [5.41, 5.74) is 1.97. The SMILES string of the molecule is CCCN(c1ccccc1)c1ccccc1O. The van der Waals surface area contributed by atoms with Crippen LogP contribution in [0, 0.1) is 0 Å². The Morgan fingerprint density at radius 1 is 0.941 bits per heavy atom. The monoisotopic (exact) mass is 227 g/mol. The van der Waals surface area contributed by atoms with E-state index in [2.05, 4.69) is 24.0 Å². The molecule has 2 rings (SSSR count). The number of rotatable bonds is 4. The normalized spacial score (nSPS) is 10.2. The van der Waals surface area contributed by atoms with Crippen LogP contribution in [-0.2, 0) is 0 Å². The van der Waals surface area contributed by atoms with Gasteiger partial charge in [0.25, 0.3) is 0 Å². The molecule has 0 saturated carbocycles. The average Bonchev–Trinajstić information content (AvgIpc) is 2.38. The van der Waals surface area contributed by atoms with E-state index in [9.17, 15) is 5.11 Å². The Bertz CT molecular complexity index is 467. The van der Waals surface area contributed by atoms with Gasteiger partial charge in [0.1, 0.15) is 5.75 Å². The minimum atomic E-state index is 0.324. The van der Waals surface area contributed by atoms with Crippen molar-refractivity contribution in [1.82, 2.24) is 0 Å². The summed E-state index contributed by atoms with van der Waals surface area (Å²) in [6.45, 7) is 3.03. The van der Waals surface area contributed by atoms with E-state index < -0.39 is 0 Å². The molecule has 0 spiro atoms. The molecule has 17 heavy (non-hydrogen) atoms. The van der Waals surface area contributed by atoms with Crippen molar-refractivity contribution in [1.29, 1.82) is 0 Å². The number of phenols is 1. The molecule has 0 radical (unpaired) electrons. The van der Waals surface area contributed by atoms with Gasteiger partial charge in [0, 0.05) is 12.2 Å². The summed E-state index contributed by atoms with van der Waals surface area (Å²) >= 11 is 0. The molecule has 0 aromatic heterocycles. The van der Waals surface area contributed by atoms with Crippen LogP contribution in [0.2, 0.25) is 0 Å². The number of para-hydroxylation sites is 3. The van der Waals surface area contributed by atoms with Gasteiger partial charge in [-0.25, -0.2) is 0 Å². The number of aromatic hydroxyl groups is 1. The molecular formula is C15H17NO. The maximum atomic E-state index is 9.93. The molecule has 0 saturated heterocycles. The van der Waals surface area contributed by atoms with Crippen molar-refractivity contribution in [2.75, 3.05) is 11.4 Å². The summed E-state index contributed by atoms with van der Waals surface area (Å²) in [7, 11) is 0. The molecule has 0 fully saturated rings. The highest BCUT2D eigenvalue weighted by atomic mass is 16.3. The Balaban J connectivity index is 2.39. The van der Waals surface area contributed by atoms with Gasteiger partial charge >= 0.3 is 0 Å². The molecule has 2 aromatic rings. The first-order valence-corrected chi connectivity index (χ1v) is 5.93. The van der Waals surface area contributed by atoms with Gasteiger partial charge in [-0.1, -0.05) is 37.3 Å². The van der Waals surface area contributed by atoms with Crippen LogP contribution in [-0.4, -0.2) is 11.7 Å². The lowest BCUT2D eigenvalue weighted by Gasteiger charge is -2.25. The highest BCUT2D eigenvalue weighted by Gasteiger charge is 2.11. The summed E-state index contributed by atoms with van der Waals surface area (Å²) in [5, 5.41) is 9.93. The lowest BCUT2D eigenvalue weighted by Crippen LogP contribution is -2.17. The Morgan fingerprint density at radius 3 is 2.24 bits per heavy atom. The standard InChI is InChI=1S/C15H17NO/c1-2-12-16(13-8-4-3-5-9-13)14-10-6-7-11-15(14)17/h3-11,17H,2,12H2,1H3. The van der Waals surface area contributed by atoms with Crippen LogP contribution in [0.5, 0.6) is 5.75 Å². The minimum Gasteiger partial charge on any atom is -0.506 e. The van der Waals surface area contributed by atoms with Crippen LogP contribution in [0.25, 0.3) is 0 Å². The zero-order valence-corrected chi connectivity index (χ0v) is 10.0. The fourth-order valence-electron chi connectivity index (χ4n) is 1.91. The molecule has 2 nitrogen and oxygen atoms in total. The summed E-state index contributed by atoms with van der Waals surface area (Å²) in [5.74, 6) is 0.324. The number of nitrogens with zero attached hydrogens (tertiary/aromatic N) is 1. The molecule has 0 unspecified atom stereocenters. The largest absolute Gasteiger partial charge is 0.506 e. The number of benzene rings is 2. The average molecular weight is 227 g/mol. The Kier molecular flexibility index (Phi) is 3.66. The molecular weight excluding hydrogens is 210 g/mol. The molecule has 2 heteroatoms. The Labute approximate surface area is 102 Å². The first-order valence-electron chi connectivity index (χ1n) is 5.93. The van der Waals surface area contributed by atoms with Crippen molar-refractivity contribution < 1.29 is 5.11 Å². The maximum Gasteiger partial charge on any atom is 0.139 e. The lowest BCUT2D eigenvalue weighted by molar-refractivity contribution is 0.475. The van der Waals surface area contributed by atoms with Crippen molar-refractivity contribution in [2.24, 2.45) is 0 Å². The second-order valence-electron chi connectivity index (χ2n) is 3.98. The van der Waals surface area contributed by atoms with Gasteiger partial charge in [-0.05, 0) is 30.7 Å². The molecule has 2 aromatic carbocycles. The highest BCUT2D eigenvalue weighted by Crippen LogP contribution is 2.32. The van der Waals surface area contributed by atoms with E-state index in [4.69, 9.17) is 0 Å². The third-order valence-electron chi connectivity index (χ3n) is 2.69. The molecule has 0 aliphatic carbocycles. The summed E-state index contributed by atoms with van der Waals surface area (Å²) in [6.07, 6.45) is 1.03. The number of anilines is 2. The van der Waals surface area contributed by atoms with Gasteiger partial charge in [0.15, 0.2) is 0 Å². The van der Waals surface area contributed by atoms with Gasteiger partial charge in [0.05, 0.1) is 5.69 Å². The van der Waals surface area contributed by atoms with Crippen LogP contribution in [0.1, 0.15) is 13.3 Å². The van der Waals surface area contributed by atoms with Crippen LogP contribution in [0.3, 0.4) is 0 Å². The fraction of sp³-hybridized carbons (Fsp3) is 0.200. The zero-order valence-electron chi connectivity index (χ0n) is 10.0. The van der Waals surface area contributed by atoms with E-state index in [0.717, 1.165) is 24.3 Å². The molecule has 0 heterocycles. The number of hydrogen-bond acceptors (Lipinski definition) is 2. The smallest absolute Gasteiger partial charge is 0.139 e. The summed E-state index contributed by atoms with van der Waals surface area (Å²) in [6, 6.07) is 17.6. The number of hydrogen-bond donors (Lipinski definition) is 1. The summed E-state index contributed by atoms with van der Waals surface area (Å²) < 4.78 is 0. The van der Waals surface area contributed by atoms with Gasteiger partial charge in [0.2, 0.25) is 0 Å². The second kappa shape index (κ2) is 5.39. The lowest BCUT2D eigenvalue weighted by atomic mass is 10.2. The van der Waals surface area contributed by atoms with Gasteiger partial charge < -0.3 is 10.0 Å². The second-order valence-corrected chi connectivity index (χ2v) is 3.98.